The molecule has 7 heteroatoms. The molecular weight excluding hydrogens is 288 g/mol. The largest absolute Gasteiger partial charge is 0.439 e. The molecule has 0 aliphatic rings. The summed E-state index contributed by atoms with van der Waals surface area (Å²) in [5.41, 5.74) is 0. The fourth-order valence-electron chi connectivity index (χ4n) is 0.853. The zero-order valence-corrected chi connectivity index (χ0v) is 13.1. The highest BCUT2D eigenvalue weighted by atomic mass is 28.4. The molecule has 0 radical (unpaired) electrons. The van der Waals surface area contributed by atoms with Crippen molar-refractivity contribution in [2.45, 2.75) is 41.1 Å². The molecule has 6 nitrogen and oxygen atoms in total. The standard InChI is InChI=1S/C10H20N2O4Si.C2H4.2CH4/c1-6-9(13)16-8(2)12-10(14)11-7-17(4,5)15-3;1-2;;/h6,8H,1,7H2,2-5H3,(H2,11,12,14);1-2H2;2*1H4. The maximum absolute atomic E-state index is 11.4. The second-order valence-electron chi connectivity index (χ2n) is 4.07. The van der Waals surface area contributed by atoms with E-state index < -0.39 is 26.5 Å². The average Bonchev–Trinajstić information content (AvgIpc) is 2.38. The first-order valence-corrected chi connectivity index (χ1v) is 8.85. The first-order chi connectivity index (χ1) is 8.80. The van der Waals surface area contributed by atoms with Gasteiger partial charge in [-0.2, -0.15) is 0 Å². The van der Waals surface area contributed by atoms with Crippen molar-refractivity contribution in [3.8, 4) is 0 Å². The molecule has 0 aromatic rings. The Hall–Kier alpha value is -1.60. The predicted molar refractivity (Wildman–Crippen MR) is 91.5 cm³/mol. The Kier molecular flexibility index (Phi) is 19.5. The molecule has 0 fully saturated rings. The quantitative estimate of drug-likeness (QED) is 0.259. The Morgan fingerprint density at radius 3 is 2.14 bits per heavy atom. The van der Waals surface area contributed by atoms with Crippen molar-refractivity contribution in [3.05, 3.63) is 25.8 Å². The van der Waals surface area contributed by atoms with Crippen LogP contribution in [0.5, 0.6) is 0 Å². The number of nitrogens with one attached hydrogen (secondary N) is 2. The number of hydrogen-bond acceptors (Lipinski definition) is 4. The molecule has 0 aliphatic carbocycles. The highest BCUT2D eigenvalue weighted by Crippen LogP contribution is 1.99. The normalized spacial score (nSPS) is 10.3. The Bertz CT molecular complexity index is 309. The summed E-state index contributed by atoms with van der Waals surface area (Å²) in [6.07, 6.45) is 0.821. The van der Waals surface area contributed by atoms with Crippen LogP contribution in [-0.2, 0) is 14.0 Å². The molecule has 2 N–H and O–H groups in total. The number of amides is 2. The van der Waals surface area contributed by atoms with Crippen LogP contribution < -0.4 is 10.6 Å². The molecule has 0 saturated heterocycles. The van der Waals surface area contributed by atoms with E-state index in [0.29, 0.717) is 6.17 Å². The monoisotopic (exact) mass is 320 g/mol. The zero-order valence-electron chi connectivity index (χ0n) is 12.1. The average molecular weight is 321 g/mol. The summed E-state index contributed by atoms with van der Waals surface area (Å²) in [4.78, 5) is 22.3. The second kappa shape index (κ2) is 14.8. The van der Waals surface area contributed by atoms with Crippen molar-refractivity contribution in [2.75, 3.05) is 13.3 Å². The van der Waals surface area contributed by atoms with Gasteiger partial charge in [0.05, 0.1) is 0 Å². The van der Waals surface area contributed by atoms with E-state index in [-0.39, 0.29) is 14.9 Å². The van der Waals surface area contributed by atoms with Crippen LogP contribution in [0.25, 0.3) is 0 Å². The van der Waals surface area contributed by atoms with Crippen LogP contribution in [-0.4, -0.2) is 39.8 Å². The van der Waals surface area contributed by atoms with Crippen molar-refractivity contribution >= 4 is 20.3 Å². The number of hydrogen-bond donors (Lipinski definition) is 2. The third kappa shape index (κ3) is 16.3. The lowest BCUT2D eigenvalue weighted by Gasteiger charge is -2.21. The SMILES string of the molecule is C.C.C=C.C=CC(=O)OC(C)NC(=O)NC[Si](C)(C)OC. The Balaban J connectivity index is -0.000000344. The molecule has 0 saturated carbocycles. The van der Waals surface area contributed by atoms with Gasteiger partial charge in [-0.05, 0) is 20.0 Å². The van der Waals surface area contributed by atoms with Crippen LogP contribution in [0.1, 0.15) is 21.8 Å². The van der Waals surface area contributed by atoms with Gasteiger partial charge in [-0.15, -0.1) is 13.2 Å². The van der Waals surface area contributed by atoms with E-state index >= 15 is 0 Å². The minimum absolute atomic E-state index is 0. The number of esters is 1. The number of carbonyl (C=O) groups is 2. The van der Waals surface area contributed by atoms with E-state index in [1.54, 1.807) is 14.0 Å². The van der Waals surface area contributed by atoms with Gasteiger partial charge in [-0.1, -0.05) is 21.4 Å². The molecular formula is C14H32N2O4Si. The van der Waals surface area contributed by atoms with Crippen LogP contribution in [0.3, 0.4) is 0 Å². The van der Waals surface area contributed by atoms with Gasteiger partial charge in [0.1, 0.15) is 0 Å². The summed E-state index contributed by atoms with van der Waals surface area (Å²) in [6, 6.07) is -0.396. The molecule has 1 atom stereocenters. The van der Waals surface area contributed by atoms with Gasteiger partial charge in [0.15, 0.2) is 6.23 Å². The van der Waals surface area contributed by atoms with E-state index in [1.807, 2.05) is 13.1 Å². The van der Waals surface area contributed by atoms with Crippen molar-refractivity contribution in [1.82, 2.24) is 10.6 Å². The first-order valence-electron chi connectivity index (χ1n) is 5.73. The van der Waals surface area contributed by atoms with Gasteiger partial charge < -0.3 is 19.8 Å². The minimum atomic E-state index is -1.83. The lowest BCUT2D eigenvalue weighted by atomic mass is 10.6. The highest BCUT2D eigenvalue weighted by Gasteiger charge is 2.21. The Morgan fingerprint density at radius 1 is 1.29 bits per heavy atom. The lowest BCUT2D eigenvalue weighted by Crippen LogP contribution is -2.49. The molecule has 1 unspecified atom stereocenters. The fourth-order valence-corrected chi connectivity index (χ4v) is 1.58. The Morgan fingerprint density at radius 2 is 1.76 bits per heavy atom. The van der Waals surface area contributed by atoms with Gasteiger partial charge in [-0.3, -0.25) is 0 Å². The number of rotatable bonds is 6. The Labute approximate surface area is 130 Å². The second-order valence-corrected chi connectivity index (χ2v) is 8.36. The van der Waals surface area contributed by atoms with Crippen LogP contribution in [0, 0.1) is 0 Å². The van der Waals surface area contributed by atoms with Crippen molar-refractivity contribution in [2.24, 2.45) is 0 Å². The third-order valence-electron chi connectivity index (χ3n) is 2.02. The summed E-state index contributed by atoms with van der Waals surface area (Å²) in [5, 5.41) is 5.13. The van der Waals surface area contributed by atoms with E-state index in [0.717, 1.165) is 6.08 Å². The molecule has 0 heterocycles. The summed E-state index contributed by atoms with van der Waals surface area (Å²) in [5.74, 6) is -0.579. The molecule has 21 heavy (non-hydrogen) atoms. The lowest BCUT2D eigenvalue weighted by molar-refractivity contribution is -0.142. The summed E-state index contributed by atoms with van der Waals surface area (Å²) >= 11 is 0. The van der Waals surface area contributed by atoms with Crippen molar-refractivity contribution < 1.29 is 18.8 Å². The van der Waals surface area contributed by atoms with E-state index in [2.05, 4.69) is 30.4 Å². The fraction of sp³-hybridized carbons (Fsp3) is 0.571. The minimum Gasteiger partial charge on any atom is -0.439 e. The topological polar surface area (TPSA) is 76.7 Å². The van der Waals surface area contributed by atoms with Gasteiger partial charge in [0, 0.05) is 19.4 Å². The van der Waals surface area contributed by atoms with E-state index in [1.165, 1.54) is 0 Å². The van der Waals surface area contributed by atoms with Crippen molar-refractivity contribution in [1.29, 1.82) is 0 Å². The smallest absolute Gasteiger partial charge is 0.332 e. The van der Waals surface area contributed by atoms with Gasteiger partial charge >= 0.3 is 12.0 Å². The molecule has 126 valence electrons. The van der Waals surface area contributed by atoms with Crippen molar-refractivity contribution in [3.63, 3.8) is 0 Å². The number of carbonyl (C=O) groups excluding carboxylic acids is 2. The molecule has 0 bridgehead atoms. The van der Waals surface area contributed by atoms with Crippen LogP contribution >= 0.6 is 0 Å². The molecule has 0 aliphatic heterocycles. The van der Waals surface area contributed by atoms with Gasteiger partial charge in [0.25, 0.3) is 0 Å². The third-order valence-corrected chi connectivity index (χ3v) is 4.15. The van der Waals surface area contributed by atoms with Crippen LogP contribution in [0.4, 0.5) is 4.79 Å². The van der Waals surface area contributed by atoms with E-state index in [4.69, 9.17) is 9.16 Å². The molecule has 0 aromatic carbocycles. The molecule has 0 rings (SSSR count). The maximum atomic E-state index is 11.4. The maximum Gasteiger partial charge on any atom is 0.332 e. The summed E-state index contributed by atoms with van der Waals surface area (Å²) in [7, 11) is -0.201. The highest BCUT2D eigenvalue weighted by molar-refractivity contribution is 6.71. The van der Waals surface area contributed by atoms with Crippen LogP contribution in [0.2, 0.25) is 13.1 Å². The summed E-state index contributed by atoms with van der Waals surface area (Å²) < 4.78 is 10.1. The van der Waals surface area contributed by atoms with E-state index in [9.17, 15) is 9.59 Å². The van der Waals surface area contributed by atoms with Gasteiger partial charge in [-0.25, -0.2) is 9.59 Å². The van der Waals surface area contributed by atoms with Gasteiger partial charge in [0.2, 0.25) is 8.32 Å². The summed E-state index contributed by atoms with van der Waals surface area (Å²) in [6.45, 7) is 14.8. The van der Waals surface area contributed by atoms with Crippen LogP contribution in [0.15, 0.2) is 25.8 Å². The predicted octanol–water partition coefficient (Wildman–Crippen LogP) is 2.83. The number of ether oxygens (including phenoxy) is 1. The molecule has 2 amide bonds. The number of urea groups is 1. The molecule has 0 aromatic heterocycles. The molecule has 0 spiro atoms. The zero-order chi connectivity index (χ0) is 15.5. The first kappa shape index (κ1) is 27.7.